The molecule has 0 heterocycles. The summed E-state index contributed by atoms with van der Waals surface area (Å²) in [5.41, 5.74) is 4.20. The summed E-state index contributed by atoms with van der Waals surface area (Å²) in [6, 6.07) is 28.3. The summed E-state index contributed by atoms with van der Waals surface area (Å²) >= 11 is 5.68. The Balaban J connectivity index is 0.000000191. The van der Waals surface area contributed by atoms with Gasteiger partial charge < -0.3 is 5.11 Å². The first-order valence-corrected chi connectivity index (χ1v) is 10.8. The van der Waals surface area contributed by atoms with Gasteiger partial charge in [-0.2, -0.15) is 0 Å². The van der Waals surface area contributed by atoms with Gasteiger partial charge in [0.15, 0.2) is 0 Å². The largest absolute Gasteiger partial charge is 0.392 e. The summed E-state index contributed by atoms with van der Waals surface area (Å²) < 4.78 is 0. The molecule has 0 aliphatic carbocycles. The zero-order valence-corrected chi connectivity index (χ0v) is 18.8. The van der Waals surface area contributed by atoms with E-state index < -0.39 is 4.92 Å². The van der Waals surface area contributed by atoms with Gasteiger partial charge >= 0.3 is 0 Å². The zero-order valence-electron chi connectivity index (χ0n) is 18.0. The molecule has 0 bridgehead atoms. The molecule has 1 N–H and O–H groups in total. The number of hydrogen-bond acceptors (Lipinski definition) is 5. The molecule has 4 rings (SSSR count). The molecule has 0 unspecified atom stereocenters. The number of alkyl halides is 1. The summed E-state index contributed by atoms with van der Waals surface area (Å²) in [6.07, 6.45) is 0. The Labute approximate surface area is 201 Å². The number of aliphatic hydroxyl groups is 1. The topological polar surface area (TPSA) is 107 Å². The van der Waals surface area contributed by atoms with Gasteiger partial charge in [0.05, 0.1) is 27.6 Å². The van der Waals surface area contributed by atoms with Crippen LogP contribution in [0.1, 0.15) is 11.1 Å². The predicted molar refractivity (Wildman–Crippen MR) is 133 cm³/mol. The molecule has 34 heavy (non-hydrogen) atoms. The Hall–Kier alpha value is -4.07. The average Bonchev–Trinajstić information content (AvgIpc) is 2.89. The number of benzene rings is 4. The summed E-state index contributed by atoms with van der Waals surface area (Å²) in [7, 11) is 0. The lowest BCUT2D eigenvalue weighted by Gasteiger charge is -2.04. The van der Waals surface area contributed by atoms with Gasteiger partial charge in [0.25, 0.3) is 11.4 Å². The lowest BCUT2D eigenvalue weighted by Crippen LogP contribution is -1.94. The minimum absolute atomic E-state index is 0.0164. The van der Waals surface area contributed by atoms with E-state index in [-0.39, 0.29) is 28.8 Å². The first-order valence-electron chi connectivity index (χ1n) is 10.3. The van der Waals surface area contributed by atoms with E-state index >= 15 is 0 Å². The third-order valence-electron chi connectivity index (χ3n) is 5.02. The lowest BCUT2D eigenvalue weighted by molar-refractivity contribution is -0.384. The second-order valence-corrected chi connectivity index (χ2v) is 7.51. The highest BCUT2D eigenvalue weighted by Gasteiger charge is 2.16. The molecule has 0 spiro atoms. The third kappa shape index (κ3) is 6.04. The van der Waals surface area contributed by atoms with E-state index in [1.807, 2.05) is 66.7 Å². The third-order valence-corrected chi connectivity index (χ3v) is 5.33. The molecule has 7 nitrogen and oxygen atoms in total. The summed E-state index contributed by atoms with van der Waals surface area (Å²) in [6.45, 7) is -0.199. The van der Waals surface area contributed by atoms with Gasteiger partial charge in [-0.1, -0.05) is 72.8 Å². The zero-order chi connectivity index (χ0) is 24.5. The number of halogens is 1. The molecule has 0 aromatic heterocycles. The van der Waals surface area contributed by atoms with Gasteiger partial charge in [-0.3, -0.25) is 20.2 Å². The standard InChI is InChI=1S/C13H10ClNO2.C13H11NO3/c14-9-10-6-7-12(13(8-10)15(16)17)11-4-2-1-3-5-11;15-9-10-6-7-12(13(8-10)14(16)17)11-4-2-1-3-5-11/h1-8H,9H2;1-8,15H,9H2. The van der Waals surface area contributed by atoms with Crippen molar-refractivity contribution in [2.24, 2.45) is 0 Å². The number of rotatable bonds is 6. The molecular weight excluding hydrogens is 456 g/mol. The average molecular weight is 477 g/mol. The van der Waals surface area contributed by atoms with Crippen LogP contribution < -0.4 is 0 Å². The molecule has 4 aromatic rings. The molecule has 8 heteroatoms. The highest BCUT2D eigenvalue weighted by Crippen LogP contribution is 2.31. The van der Waals surface area contributed by atoms with Crippen LogP contribution in [0.5, 0.6) is 0 Å². The first-order chi connectivity index (χ1) is 16.4. The van der Waals surface area contributed by atoms with Crippen molar-refractivity contribution in [3.05, 3.63) is 128 Å². The number of aliphatic hydroxyl groups excluding tert-OH is 1. The van der Waals surface area contributed by atoms with Crippen LogP contribution in [0.2, 0.25) is 0 Å². The van der Waals surface area contributed by atoms with E-state index in [1.165, 1.54) is 12.1 Å². The number of nitrogens with zero attached hydrogens (tertiary/aromatic N) is 2. The minimum atomic E-state index is -0.429. The van der Waals surface area contributed by atoms with Gasteiger partial charge in [-0.25, -0.2) is 0 Å². The molecule has 0 fully saturated rings. The molecule has 0 aliphatic heterocycles. The summed E-state index contributed by atoms with van der Waals surface area (Å²) in [5, 5.41) is 31.0. The highest BCUT2D eigenvalue weighted by molar-refractivity contribution is 6.17. The Bertz CT molecular complexity index is 1180. The highest BCUT2D eigenvalue weighted by atomic mass is 35.5. The normalized spacial score (nSPS) is 10.2. The maximum Gasteiger partial charge on any atom is 0.277 e. The Morgan fingerprint density at radius 1 is 0.647 bits per heavy atom. The Morgan fingerprint density at radius 2 is 1.06 bits per heavy atom. The van der Waals surface area contributed by atoms with Crippen LogP contribution in [0.15, 0.2) is 97.1 Å². The first kappa shape index (κ1) is 24.6. The quantitative estimate of drug-likeness (QED) is 0.188. The minimum Gasteiger partial charge on any atom is -0.392 e. The van der Waals surface area contributed by atoms with Crippen LogP contribution in [0, 0.1) is 20.2 Å². The summed E-state index contributed by atoms with van der Waals surface area (Å²) in [4.78, 5) is 21.2. The molecule has 0 atom stereocenters. The van der Waals surface area contributed by atoms with E-state index in [0.29, 0.717) is 16.7 Å². The van der Waals surface area contributed by atoms with Crippen molar-refractivity contribution in [2.45, 2.75) is 12.5 Å². The van der Waals surface area contributed by atoms with Crippen LogP contribution in [0.25, 0.3) is 22.3 Å². The second kappa shape index (κ2) is 11.7. The van der Waals surface area contributed by atoms with Gasteiger partial charge in [-0.05, 0) is 34.4 Å². The number of nitro groups is 2. The van der Waals surface area contributed by atoms with E-state index in [2.05, 4.69) is 0 Å². The molecular formula is C26H21ClN2O5. The molecule has 0 amide bonds. The fourth-order valence-corrected chi connectivity index (χ4v) is 3.53. The predicted octanol–water partition coefficient (Wildman–Crippen LogP) is 6.75. The van der Waals surface area contributed by atoms with Crippen LogP contribution >= 0.6 is 11.6 Å². The van der Waals surface area contributed by atoms with E-state index in [0.717, 1.165) is 16.7 Å². The molecule has 4 aromatic carbocycles. The van der Waals surface area contributed by atoms with Crippen LogP contribution in [-0.4, -0.2) is 15.0 Å². The Morgan fingerprint density at radius 3 is 1.44 bits per heavy atom. The molecule has 172 valence electrons. The molecule has 0 saturated carbocycles. The number of hydrogen-bond donors (Lipinski definition) is 1. The fraction of sp³-hybridized carbons (Fsp3) is 0.0769. The van der Waals surface area contributed by atoms with Crippen LogP contribution in [-0.2, 0) is 12.5 Å². The van der Waals surface area contributed by atoms with Crippen LogP contribution in [0.3, 0.4) is 0 Å². The van der Waals surface area contributed by atoms with Crippen LogP contribution in [0.4, 0.5) is 11.4 Å². The Kier molecular flexibility index (Phi) is 8.45. The van der Waals surface area contributed by atoms with Gasteiger partial charge in [0.1, 0.15) is 0 Å². The molecule has 0 saturated heterocycles. The maximum absolute atomic E-state index is 11.0. The van der Waals surface area contributed by atoms with Crippen molar-refractivity contribution in [2.75, 3.05) is 0 Å². The smallest absolute Gasteiger partial charge is 0.277 e. The SMILES string of the molecule is O=[N+]([O-])c1cc(CCl)ccc1-c1ccccc1.O=[N+]([O-])c1cc(CO)ccc1-c1ccccc1. The fourth-order valence-electron chi connectivity index (χ4n) is 3.36. The monoisotopic (exact) mass is 476 g/mol. The van der Waals surface area contributed by atoms with Gasteiger partial charge in [0, 0.05) is 18.0 Å². The second-order valence-electron chi connectivity index (χ2n) is 7.24. The number of nitro benzene ring substituents is 2. The lowest BCUT2D eigenvalue weighted by atomic mass is 10.0. The maximum atomic E-state index is 11.0. The van der Waals surface area contributed by atoms with E-state index in [1.54, 1.807) is 18.2 Å². The van der Waals surface area contributed by atoms with Crippen molar-refractivity contribution in [3.8, 4) is 22.3 Å². The summed E-state index contributed by atoms with van der Waals surface area (Å²) in [5.74, 6) is 0.274. The molecule has 0 radical (unpaired) electrons. The molecule has 0 aliphatic rings. The van der Waals surface area contributed by atoms with E-state index in [9.17, 15) is 20.2 Å². The van der Waals surface area contributed by atoms with Crippen molar-refractivity contribution in [3.63, 3.8) is 0 Å². The van der Waals surface area contributed by atoms with Crippen molar-refractivity contribution in [1.82, 2.24) is 0 Å². The van der Waals surface area contributed by atoms with Gasteiger partial charge in [0.2, 0.25) is 0 Å². The van der Waals surface area contributed by atoms with E-state index in [4.69, 9.17) is 16.7 Å². The van der Waals surface area contributed by atoms with Gasteiger partial charge in [-0.15, -0.1) is 11.6 Å². The van der Waals surface area contributed by atoms with Crippen molar-refractivity contribution >= 4 is 23.0 Å². The van der Waals surface area contributed by atoms with Crippen molar-refractivity contribution < 1.29 is 15.0 Å². The van der Waals surface area contributed by atoms with Crippen molar-refractivity contribution in [1.29, 1.82) is 0 Å².